The van der Waals surface area contributed by atoms with E-state index < -0.39 is 11.7 Å². The van der Waals surface area contributed by atoms with E-state index in [1.807, 2.05) is 0 Å². The van der Waals surface area contributed by atoms with E-state index in [0.29, 0.717) is 11.3 Å². The third-order valence-electron chi connectivity index (χ3n) is 2.69. The van der Waals surface area contributed by atoms with Gasteiger partial charge in [-0.1, -0.05) is 17.7 Å². The van der Waals surface area contributed by atoms with Crippen molar-refractivity contribution in [2.45, 2.75) is 6.92 Å². The van der Waals surface area contributed by atoms with E-state index in [0.717, 1.165) is 5.56 Å². The molecule has 0 fully saturated rings. The number of anilines is 2. The molecule has 2 aromatic carbocycles. The summed E-state index contributed by atoms with van der Waals surface area (Å²) in [4.78, 5) is 12.0. The summed E-state index contributed by atoms with van der Waals surface area (Å²) >= 11 is 5.65. The van der Waals surface area contributed by atoms with Gasteiger partial charge in [0.25, 0.3) is 5.91 Å². The second-order valence-corrected chi connectivity index (χ2v) is 4.54. The maximum absolute atomic E-state index is 13.7. The first kappa shape index (κ1) is 13.4. The zero-order valence-corrected chi connectivity index (χ0v) is 11.0. The van der Waals surface area contributed by atoms with E-state index in [4.69, 9.17) is 17.3 Å². The van der Waals surface area contributed by atoms with Crippen molar-refractivity contribution in [3.05, 3.63) is 58.4 Å². The van der Waals surface area contributed by atoms with Crippen LogP contribution in [-0.2, 0) is 0 Å². The van der Waals surface area contributed by atoms with Gasteiger partial charge in [-0.15, -0.1) is 0 Å². The van der Waals surface area contributed by atoms with Gasteiger partial charge in [0.2, 0.25) is 0 Å². The van der Waals surface area contributed by atoms with Crippen molar-refractivity contribution in [1.82, 2.24) is 0 Å². The molecular weight excluding hydrogens is 267 g/mol. The molecule has 0 aliphatic rings. The Kier molecular flexibility index (Phi) is 3.71. The number of benzene rings is 2. The largest absolute Gasteiger partial charge is 0.399 e. The number of nitrogens with one attached hydrogen (secondary N) is 1. The predicted octanol–water partition coefficient (Wildman–Crippen LogP) is 3.62. The minimum absolute atomic E-state index is 0.0353. The van der Waals surface area contributed by atoms with Crippen LogP contribution in [0.15, 0.2) is 36.4 Å². The number of carbonyl (C=O) groups is 1. The number of carbonyl (C=O) groups excluding carboxylic acids is 1. The number of halogens is 2. The number of nitrogen functional groups attached to an aromatic ring is 1. The van der Waals surface area contributed by atoms with Crippen molar-refractivity contribution in [3.8, 4) is 0 Å². The fourth-order valence-electron chi connectivity index (χ4n) is 1.73. The standard InChI is InChI=1S/C14H12ClFN2O/c1-8-7-9(17)5-6-10(8)14(19)18-12-4-2-3-11(15)13(12)16/h2-7H,17H2,1H3,(H,18,19). The molecule has 1 amide bonds. The van der Waals surface area contributed by atoms with Crippen molar-refractivity contribution in [2.75, 3.05) is 11.1 Å². The summed E-state index contributed by atoms with van der Waals surface area (Å²) in [5.41, 5.74) is 7.40. The lowest BCUT2D eigenvalue weighted by molar-refractivity contribution is 0.102. The van der Waals surface area contributed by atoms with Crippen LogP contribution >= 0.6 is 11.6 Å². The fourth-order valence-corrected chi connectivity index (χ4v) is 1.91. The van der Waals surface area contributed by atoms with E-state index in [9.17, 15) is 9.18 Å². The van der Waals surface area contributed by atoms with Crippen LogP contribution in [0, 0.1) is 12.7 Å². The average molecular weight is 279 g/mol. The highest BCUT2D eigenvalue weighted by Gasteiger charge is 2.13. The van der Waals surface area contributed by atoms with Crippen molar-refractivity contribution >= 4 is 28.9 Å². The average Bonchev–Trinajstić information content (AvgIpc) is 2.34. The van der Waals surface area contributed by atoms with Crippen LogP contribution < -0.4 is 11.1 Å². The molecule has 0 aliphatic carbocycles. The third kappa shape index (κ3) is 2.85. The lowest BCUT2D eigenvalue weighted by atomic mass is 10.1. The molecule has 0 atom stereocenters. The molecule has 2 rings (SSSR count). The zero-order chi connectivity index (χ0) is 14.0. The first-order chi connectivity index (χ1) is 8.99. The van der Waals surface area contributed by atoms with Gasteiger partial charge in [-0.3, -0.25) is 4.79 Å². The maximum atomic E-state index is 13.7. The Hall–Kier alpha value is -2.07. The molecule has 0 radical (unpaired) electrons. The molecule has 5 heteroatoms. The van der Waals surface area contributed by atoms with Gasteiger partial charge in [-0.25, -0.2) is 4.39 Å². The molecule has 0 bridgehead atoms. The zero-order valence-electron chi connectivity index (χ0n) is 10.2. The molecule has 0 saturated carbocycles. The molecule has 0 saturated heterocycles. The van der Waals surface area contributed by atoms with Crippen LogP contribution in [0.25, 0.3) is 0 Å². The Labute approximate surface area is 115 Å². The van der Waals surface area contributed by atoms with E-state index in [1.54, 1.807) is 31.2 Å². The number of hydrogen-bond donors (Lipinski definition) is 2. The van der Waals surface area contributed by atoms with Gasteiger partial charge in [0.1, 0.15) is 0 Å². The van der Waals surface area contributed by atoms with Crippen molar-refractivity contribution < 1.29 is 9.18 Å². The van der Waals surface area contributed by atoms with Crippen LogP contribution in [-0.4, -0.2) is 5.91 Å². The highest BCUT2D eigenvalue weighted by atomic mass is 35.5. The second kappa shape index (κ2) is 5.28. The van der Waals surface area contributed by atoms with Crippen LogP contribution in [0.3, 0.4) is 0 Å². The predicted molar refractivity (Wildman–Crippen MR) is 75.0 cm³/mol. The van der Waals surface area contributed by atoms with E-state index in [1.165, 1.54) is 12.1 Å². The molecule has 98 valence electrons. The summed E-state index contributed by atoms with van der Waals surface area (Å²) in [6, 6.07) is 9.34. The molecule has 19 heavy (non-hydrogen) atoms. The molecule has 2 aromatic rings. The Balaban J connectivity index is 2.28. The van der Waals surface area contributed by atoms with Crippen LogP contribution in [0.2, 0.25) is 5.02 Å². The summed E-state index contributed by atoms with van der Waals surface area (Å²) in [5, 5.41) is 2.45. The van der Waals surface area contributed by atoms with E-state index >= 15 is 0 Å². The first-order valence-corrected chi connectivity index (χ1v) is 5.98. The molecule has 3 N–H and O–H groups in total. The Morgan fingerprint density at radius 3 is 2.74 bits per heavy atom. The molecule has 3 nitrogen and oxygen atoms in total. The molecule has 0 aromatic heterocycles. The maximum Gasteiger partial charge on any atom is 0.256 e. The van der Waals surface area contributed by atoms with Gasteiger partial charge in [0, 0.05) is 11.3 Å². The lowest BCUT2D eigenvalue weighted by Gasteiger charge is -2.09. The van der Waals surface area contributed by atoms with Crippen LogP contribution in [0.5, 0.6) is 0 Å². The minimum atomic E-state index is -0.648. The molecular formula is C14H12ClFN2O. The topological polar surface area (TPSA) is 55.1 Å². The number of hydrogen-bond acceptors (Lipinski definition) is 2. The monoisotopic (exact) mass is 278 g/mol. The normalized spacial score (nSPS) is 10.3. The van der Waals surface area contributed by atoms with E-state index in [-0.39, 0.29) is 10.7 Å². The Morgan fingerprint density at radius 1 is 1.32 bits per heavy atom. The summed E-state index contributed by atoms with van der Waals surface area (Å²) in [5.74, 6) is -1.05. The van der Waals surface area contributed by atoms with Gasteiger partial charge in [0.15, 0.2) is 5.82 Å². The summed E-state index contributed by atoms with van der Waals surface area (Å²) in [6.45, 7) is 1.76. The van der Waals surface area contributed by atoms with Crippen LogP contribution in [0.1, 0.15) is 15.9 Å². The lowest BCUT2D eigenvalue weighted by Crippen LogP contribution is -2.14. The second-order valence-electron chi connectivity index (χ2n) is 4.13. The molecule has 0 unspecified atom stereocenters. The summed E-state index contributed by atoms with van der Waals surface area (Å²) in [6.07, 6.45) is 0. The van der Waals surface area contributed by atoms with Gasteiger partial charge in [0.05, 0.1) is 10.7 Å². The van der Waals surface area contributed by atoms with Gasteiger partial charge < -0.3 is 11.1 Å². The third-order valence-corrected chi connectivity index (χ3v) is 2.99. The molecule has 0 heterocycles. The fraction of sp³-hybridized carbons (Fsp3) is 0.0714. The summed E-state index contributed by atoms with van der Waals surface area (Å²) in [7, 11) is 0. The number of rotatable bonds is 2. The number of aryl methyl sites for hydroxylation is 1. The highest BCUT2D eigenvalue weighted by molar-refractivity contribution is 6.31. The molecule has 0 spiro atoms. The highest BCUT2D eigenvalue weighted by Crippen LogP contribution is 2.23. The number of nitrogens with two attached hydrogens (primary N) is 1. The molecule has 0 aliphatic heterocycles. The SMILES string of the molecule is Cc1cc(N)ccc1C(=O)Nc1cccc(Cl)c1F. The Bertz CT molecular complexity index is 643. The summed E-state index contributed by atoms with van der Waals surface area (Å²) < 4.78 is 13.7. The van der Waals surface area contributed by atoms with Crippen LogP contribution in [0.4, 0.5) is 15.8 Å². The van der Waals surface area contributed by atoms with E-state index in [2.05, 4.69) is 5.32 Å². The van der Waals surface area contributed by atoms with Gasteiger partial charge >= 0.3 is 0 Å². The smallest absolute Gasteiger partial charge is 0.256 e. The van der Waals surface area contributed by atoms with Crippen molar-refractivity contribution in [1.29, 1.82) is 0 Å². The van der Waals surface area contributed by atoms with Gasteiger partial charge in [-0.2, -0.15) is 0 Å². The Morgan fingerprint density at radius 2 is 2.05 bits per heavy atom. The van der Waals surface area contributed by atoms with Gasteiger partial charge in [-0.05, 0) is 42.8 Å². The first-order valence-electron chi connectivity index (χ1n) is 5.60. The number of amides is 1. The van der Waals surface area contributed by atoms with Crippen molar-refractivity contribution in [2.24, 2.45) is 0 Å². The quantitative estimate of drug-likeness (QED) is 0.824. The van der Waals surface area contributed by atoms with Crippen molar-refractivity contribution in [3.63, 3.8) is 0 Å². The minimum Gasteiger partial charge on any atom is -0.399 e.